The summed E-state index contributed by atoms with van der Waals surface area (Å²) in [7, 11) is 1.79. The zero-order valence-electron chi connectivity index (χ0n) is 21.4. The summed E-state index contributed by atoms with van der Waals surface area (Å²) in [4.78, 5) is 42.1. The van der Waals surface area contributed by atoms with Gasteiger partial charge in [0.25, 0.3) is 11.9 Å². The number of carbonyl (C=O) groups is 2. The Kier molecular flexibility index (Phi) is 6.35. The first-order valence-electron chi connectivity index (χ1n) is 12.8. The summed E-state index contributed by atoms with van der Waals surface area (Å²) < 4.78 is 7.65. The molecule has 2 saturated heterocycles. The minimum Gasteiger partial charge on any atom is -0.423 e. The molecule has 202 valence electrons. The fourth-order valence-corrected chi connectivity index (χ4v) is 5.14. The molecule has 2 aliphatic rings. The maximum Gasteiger partial charge on any atom is 0.298 e. The minimum atomic E-state index is -0.670. The number of aliphatic hydroxyl groups is 1. The highest BCUT2D eigenvalue weighted by Gasteiger charge is 2.34. The van der Waals surface area contributed by atoms with Crippen molar-refractivity contribution in [3.63, 3.8) is 0 Å². The number of aromatic nitrogens is 5. The number of aryl methyl sites for hydroxylation is 1. The molecule has 39 heavy (non-hydrogen) atoms. The van der Waals surface area contributed by atoms with Gasteiger partial charge in [-0.1, -0.05) is 6.07 Å². The van der Waals surface area contributed by atoms with Crippen molar-refractivity contribution >= 4 is 40.4 Å². The van der Waals surface area contributed by atoms with Crippen molar-refractivity contribution in [1.29, 1.82) is 0 Å². The van der Waals surface area contributed by atoms with Crippen LogP contribution in [0.2, 0.25) is 0 Å². The summed E-state index contributed by atoms with van der Waals surface area (Å²) in [6.07, 6.45) is 7.02. The maximum absolute atomic E-state index is 12.8. The predicted molar refractivity (Wildman–Crippen MR) is 142 cm³/mol. The smallest absolute Gasteiger partial charge is 0.298 e. The Labute approximate surface area is 223 Å². The van der Waals surface area contributed by atoms with Crippen LogP contribution in [-0.2, 0) is 18.3 Å². The number of primary amides is 1. The summed E-state index contributed by atoms with van der Waals surface area (Å²) in [5.41, 5.74) is 9.15. The molecule has 13 heteroatoms. The van der Waals surface area contributed by atoms with E-state index in [0.717, 1.165) is 18.4 Å². The van der Waals surface area contributed by atoms with E-state index in [2.05, 4.69) is 25.4 Å². The van der Waals surface area contributed by atoms with E-state index in [1.54, 1.807) is 35.2 Å². The second-order valence-corrected chi connectivity index (χ2v) is 10.0. The van der Waals surface area contributed by atoms with Crippen LogP contribution >= 0.6 is 0 Å². The molecule has 0 aliphatic carbocycles. The summed E-state index contributed by atoms with van der Waals surface area (Å²) >= 11 is 0. The van der Waals surface area contributed by atoms with E-state index in [4.69, 9.17) is 10.2 Å². The molecule has 2 aliphatic heterocycles. The van der Waals surface area contributed by atoms with Crippen molar-refractivity contribution in [2.24, 2.45) is 12.8 Å². The molecule has 1 aromatic carbocycles. The number of hydrogen-bond acceptors (Lipinski definition) is 10. The summed E-state index contributed by atoms with van der Waals surface area (Å²) in [6.45, 7) is 1.87. The normalized spacial score (nSPS) is 17.5. The zero-order chi connectivity index (χ0) is 27.1. The van der Waals surface area contributed by atoms with Crippen LogP contribution in [0.1, 0.15) is 40.5 Å². The number of hydrogen-bond donors (Lipinski definition) is 3. The molecule has 3 aromatic heterocycles. The average molecular weight is 532 g/mol. The van der Waals surface area contributed by atoms with Gasteiger partial charge in [0.1, 0.15) is 5.52 Å². The van der Waals surface area contributed by atoms with Crippen LogP contribution in [0.4, 0.5) is 17.5 Å². The monoisotopic (exact) mass is 531 g/mol. The van der Waals surface area contributed by atoms with Gasteiger partial charge in [0.15, 0.2) is 17.1 Å². The quantitative estimate of drug-likeness (QED) is 0.301. The fourth-order valence-electron chi connectivity index (χ4n) is 5.14. The van der Waals surface area contributed by atoms with Gasteiger partial charge < -0.3 is 30.4 Å². The van der Waals surface area contributed by atoms with E-state index in [1.807, 2.05) is 23.1 Å². The lowest BCUT2D eigenvalue weighted by atomic mass is 9.97. The SMILES string of the molecule is Cn1cc(Nc2ncc(C3CN(c4nc5ccc(CC(=O)N6CCC[C@H]6CO)cc5o4)C3)nc2C(N)=O)cn1. The number of oxazole rings is 1. The number of aliphatic hydroxyl groups excluding tert-OH is 1. The second-order valence-electron chi connectivity index (χ2n) is 10.0. The molecule has 0 unspecified atom stereocenters. The highest BCUT2D eigenvalue weighted by Crippen LogP contribution is 2.33. The predicted octanol–water partition coefficient (Wildman–Crippen LogP) is 1.32. The summed E-state index contributed by atoms with van der Waals surface area (Å²) in [5.74, 6) is -0.350. The van der Waals surface area contributed by atoms with Gasteiger partial charge in [0.05, 0.1) is 42.8 Å². The summed E-state index contributed by atoms with van der Waals surface area (Å²) in [5, 5.41) is 16.6. The van der Waals surface area contributed by atoms with Crippen LogP contribution in [0.3, 0.4) is 0 Å². The number of fused-ring (bicyclic) bond motifs is 1. The number of likely N-dealkylation sites (tertiary alicyclic amines) is 1. The number of amides is 2. The molecule has 4 aromatic rings. The third-order valence-corrected chi connectivity index (χ3v) is 7.27. The van der Waals surface area contributed by atoms with E-state index in [0.29, 0.717) is 48.1 Å². The molecule has 2 fully saturated rings. The molecule has 1 atom stereocenters. The molecule has 13 nitrogen and oxygen atoms in total. The highest BCUT2D eigenvalue weighted by molar-refractivity contribution is 5.96. The summed E-state index contributed by atoms with van der Waals surface area (Å²) in [6, 6.07) is 5.99. The van der Waals surface area contributed by atoms with E-state index >= 15 is 0 Å². The second kappa shape index (κ2) is 9.98. The van der Waals surface area contributed by atoms with Crippen LogP contribution in [0.25, 0.3) is 11.1 Å². The standard InChI is InChI=1S/C26H29N9O4/c1-33-13-17(9-29-33)30-25-23(24(27)38)31-20(10-28-25)16-11-34(12-16)26-32-19-5-4-15(7-21(19)39-26)8-22(37)35-6-2-3-18(35)14-36/h4-5,7,9-10,13,16,18,36H,2-3,6,8,11-12,14H2,1H3,(H2,27,38)(H,28,30)/t18-/m0/s1. The number of rotatable bonds is 8. The van der Waals surface area contributed by atoms with Crippen molar-refractivity contribution < 1.29 is 19.1 Å². The Morgan fingerprint density at radius 2 is 2.08 bits per heavy atom. The molecule has 0 radical (unpaired) electrons. The Hall–Kier alpha value is -4.52. The first-order chi connectivity index (χ1) is 18.9. The van der Waals surface area contributed by atoms with Crippen molar-refractivity contribution in [3.05, 3.63) is 53.7 Å². The van der Waals surface area contributed by atoms with Gasteiger partial charge in [0, 0.05) is 38.8 Å². The molecule has 6 rings (SSSR count). The lowest BCUT2D eigenvalue weighted by Gasteiger charge is -2.37. The zero-order valence-corrected chi connectivity index (χ0v) is 21.4. The molecule has 4 N–H and O–H groups in total. The third kappa shape index (κ3) is 4.88. The van der Waals surface area contributed by atoms with E-state index in [9.17, 15) is 14.7 Å². The fraction of sp³-hybridized carbons (Fsp3) is 0.385. The van der Waals surface area contributed by atoms with Gasteiger partial charge in [-0.15, -0.1) is 0 Å². The largest absolute Gasteiger partial charge is 0.423 e. The number of carbonyl (C=O) groups excluding carboxylic acids is 2. The van der Waals surface area contributed by atoms with Gasteiger partial charge >= 0.3 is 0 Å². The van der Waals surface area contributed by atoms with Crippen molar-refractivity contribution in [1.82, 2.24) is 29.6 Å². The maximum atomic E-state index is 12.8. The van der Waals surface area contributed by atoms with Crippen molar-refractivity contribution in [3.8, 4) is 0 Å². The van der Waals surface area contributed by atoms with Crippen LogP contribution in [0.15, 0.2) is 41.2 Å². The van der Waals surface area contributed by atoms with Crippen molar-refractivity contribution in [2.75, 3.05) is 36.5 Å². The molecular formula is C26H29N9O4. The molecule has 0 saturated carbocycles. The number of nitrogens with zero attached hydrogens (tertiary/aromatic N) is 7. The average Bonchev–Trinajstić information content (AvgIpc) is 3.63. The molecular weight excluding hydrogens is 502 g/mol. The number of anilines is 3. The molecule has 0 bridgehead atoms. The third-order valence-electron chi connectivity index (χ3n) is 7.27. The molecule has 0 spiro atoms. The minimum absolute atomic E-state index is 0.00503. The first kappa shape index (κ1) is 24.8. The lowest BCUT2D eigenvalue weighted by Crippen LogP contribution is -2.45. The van der Waals surface area contributed by atoms with E-state index in [-0.39, 0.29) is 42.4 Å². The van der Waals surface area contributed by atoms with Crippen molar-refractivity contribution in [2.45, 2.75) is 31.2 Å². The van der Waals surface area contributed by atoms with E-state index in [1.165, 1.54) is 0 Å². The van der Waals surface area contributed by atoms with Gasteiger partial charge in [-0.05, 0) is 30.5 Å². The van der Waals surface area contributed by atoms with E-state index < -0.39 is 5.91 Å². The van der Waals surface area contributed by atoms with Crippen LogP contribution in [0, 0.1) is 0 Å². The topological polar surface area (TPSA) is 169 Å². The number of nitrogens with one attached hydrogen (secondary N) is 1. The van der Waals surface area contributed by atoms with Gasteiger partial charge in [-0.25, -0.2) is 9.97 Å². The van der Waals surface area contributed by atoms with Crippen LogP contribution < -0.4 is 16.0 Å². The van der Waals surface area contributed by atoms with Crippen LogP contribution in [0.5, 0.6) is 0 Å². The van der Waals surface area contributed by atoms with Gasteiger partial charge in [-0.3, -0.25) is 14.3 Å². The number of benzene rings is 1. The van der Waals surface area contributed by atoms with Gasteiger partial charge in [0.2, 0.25) is 5.91 Å². The molecule has 2 amide bonds. The Morgan fingerprint density at radius 3 is 2.82 bits per heavy atom. The van der Waals surface area contributed by atoms with Gasteiger partial charge in [-0.2, -0.15) is 10.1 Å². The Morgan fingerprint density at radius 1 is 1.23 bits per heavy atom. The molecule has 5 heterocycles. The lowest BCUT2D eigenvalue weighted by molar-refractivity contribution is -0.131. The number of nitrogens with two attached hydrogens (primary N) is 1. The highest BCUT2D eigenvalue weighted by atomic mass is 16.4. The Bertz CT molecular complexity index is 1540. The first-order valence-corrected chi connectivity index (χ1v) is 12.8. The Balaban J connectivity index is 1.12. The van der Waals surface area contributed by atoms with Crippen LogP contribution in [-0.4, -0.2) is 78.8 Å².